The number of ether oxygens (including phenoxy) is 2. The monoisotopic (exact) mass is 370 g/mol. The van der Waals surface area contributed by atoms with E-state index in [2.05, 4.69) is 5.32 Å². The first-order valence-electron chi connectivity index (χ1n) is 9.18. The van der Waals surface area contributed by atoms with Crippen molar-refractivity contribution in [3.63, 3.8) is 0 Å². The van der Waals surface area contributed by atoms with Crippen LogP contribution in [-0.2, 0) is 22.6 Å². The molecule has 2 N–H and O–H groups in total. The van der Waals surface area contributed by atoms with Crippen LogP contribution in [0.3, 0.4) is 0 Å². The Morgan fingerprint density at radius 1 is 1.22 bits per heavy atom. The summed E-state index contributed by atoms with van der Waals surface area (Å²) in [5.74, 6) is 0.183. The molecule has 0 aromatic heterocycles. The number of methoxy groups -OCH3 is 1. The number of hydrogen-bond acceptors (Lipinski definition) is 4. The van der Waals surface area contributed by atoms with Crippen LogP contribution in [0.1, 0.15) is 24.0 Å². The van der Waals surface area contributed by atoms with E-state index in [1.54, 1.807) is 24.1 Å². The topological polar surface area (TPSA) is 71.0 Å². The molecule has 1 aliphatic heterocycles. The van der Waals surface area contributed by atoms with Gasteiger partial charge < -0.3 is 24.8 Å². The predicted molar refractivity (Wildman–Crippen MR) is 104 cm³/mol. The van der Waals surface area contributed by atoms with Crippen LogP contribution < -0.4 is 5.32 Å². The quantitative estimate of drug-likeness (QED) is 0.779. The molecule has 1 heterocycles. The highest BCUT2D eigenvalue weighted by Crippen LogP contribution is 2.22. The SMILES string of the molecule is COCc1ccccc1NC(=O)N(Cc1ccccc1O)C[C@@H]1CCCO1. The number of hydrogen-bond donors (Lipinski definition) is 2. The van der Waals surface area contributed by atoms with Gasteiger partial charge in [0.05, 0.1) is 19.3 Å². The standard InChI is InChI=1S/C21H26N2O4/c1-26-15-17-8-2-4-10-19(17)22-21(25)23(14-18-9-6-12-27-18)13-16-7-3-5-11-20(16)24/h2-5,7-8,10-11,18,24H,6,9,12-15H2,1H3,(H,22,25)/t18-/m0/s1. The number of para-hydroxylation sites is 2. The van der Waals surface area contributed by atoms with E-state index in [9.17, 15) is 9.90 Å². The molecule has 1 atom stereocenters. The number of benzene rings is 2. The molecule has 0 spiro atoms. The number of anilines is 1. The van der Waals surface area contributed by atoms with E-state index >= 15 is 0 Å². The molecular formula is C21H26N2O4. The number of amides is 2. The van der Waals surface area contributed by atoms with Crippen molar-refractivity contribution < 1.29 is 19.4 Å². The average molecular weight is 370 g/mol. The van der Waals surface area contributed by atoms with Crippen molar-refractivity contribution in [3.8, 4) is 5.75 Å². The molecule has 2 amide bonds. The first-order chi connectivity index (χ1) is 13.2. The summed E-state index contributed by atoms with van der Waals surface area (Å²) in [6, 6.07) is 14.4. The van der Waals surface area contributed by atoms with Gasteiger partial charge in [-0.1, -0.05) is 36.4 Å². The predicted octanol–water partition coefficient (Wildman–Crippen LogP) is 3.75. The van der Waals surface area contributed by atoms with E-state index in [-0.39, 0.29) is 17.9 Å². The number of phenolic OH excluding ortho intramolecular Hbond substituents is 1. The third kappa shape index (κ3) is 5.21. The molecule has 0 saturated carbocycles. The van der Waals surface area contributed by atoms with Gasteiger partial charge in [-0.05, 0) is 25.0 Å². The summed E-state index contributed by atoms with van der Waals surface area (Å²) in [6.45, 7) is 1.94. The van der Waals surface area contributed by atoms with E-state index in [1.807, 2.05) is 36.4 Å². The number of phenols is 1. The molecular weight excluding hydrogens is 344 g/mol. The van der Waals surface area contributed by atoms with Gasteiger partial charge in [-0.15, -0.1) is 0 Å². The number of nitrogens with one attached hydrogen (secondary N) is 1. The van der Waals surface area contributed by atoms with Crippen LogP contribution in [0.2, 0.25) is 0 Å². The van der Waals surface area contributed by atoms with Gasteiger partial charge in [-0.3, -0.25) is 0 Å². The fraction of sp³-hybridized carbons (Fsp3) is 0.381. The van der Waals surface area contributed by atoms with Crippen molar-refractivity contribution in [1.82, 2.24) is 4.90 Å². The zero-order valence-electron chi connectivity index (χ0n) is 15.6. The number of carbonyl (C=O) groups is 1. The fourth-order valence-electron chi connectivity index (χ4n) is 3.22. The molecule has 2 aromatic rings. The zero-order chi connectivity index (χ0) is 19.1. The summed E-state index contributed by atoms with van der Waals surface area (Å²) in [6.07, 6.45) is 1.97. The summed E-state index contributed by atoms with van der Waals surface area (Å²) in [7, 11) is 1.63. The molecule has 0 unspecified atom stereocenters. The molecule has 1 saturated heterocycles. The summed E-state index contributed by atoms with van der Waals surface area (Å²) in [5, 5.41) is 13.1. The van der Waals surface area contributed by atoms with E-state index in [0.29, 0.717) is 25.3 Å². The molecule has 6 nitrogen and oxygen atoms in total. The molecule has 0 aliphatic carbocycles. The van der Waals surface area contributed by atoms with Crippen molar-refractivity contribution in [3.05, 3.63) is 59.7 Å². The first kappa shape index (κ1) is 19.2. The van der Waals surface area contributed by atoms with Gasteiger partial charge in [-0.25, -0.2) is 4.79 Å². The van der Waals surface area contributed by atoms with Gasteiger partial charge in [-0.2, -0.15) is 0 Å². The Morgan fingerprint density at radius 3 is 2.67 bits per heavy atom. The minimum Gasteiger partial charge on any atom is -0.508 e. The molecule has 2 aromatic carbocycles. The van der Waals surface area contributed by atoms with Crippen LogP contribution in [0.4, 0.5) is 10.5 Å². The van der Waals surface area contributed by atoms with Gasteiger partial charge in [0.1, 0.15) is 5.75 Å². The smallest absolute Gasteiger partial charge is 0.322 e. The highest BCUT2D eigenvalue weighted by molar-refractivity contribution is 5.90. The van der Waals surface area contributed by atoms with Gasteiger partial charge in [0.25, 0.3) is 0 Å². The maximum atomic E-state index is 13.0. The second-order valence-electron chi connectivity index (χ2n) is 6.66. The Hall–Kier alpha value is -2.57. The van der Waals surface area contributed by atoms with Crippen LogP contribution in [0.15, 0.2) is 48.5 Å². The Balaban J connectivity index is 1.76. The summed E-state index contributed by atoms with van der Waals surface area (Å²) >= 11 is 0. The lowest BCUT2D eigenvalue weighted by Crippen LogP contribution is -2.39. The molecule has 0 bridgehead atoms. The number of rotatable bonds is 7. The summed E-state index contributed by atoms with van der Waals surface area (Å²) < 4.78 is 10.9. The van der Waals surface area contributed by atoms with E-state index in [4.69, 9.17) is 9.47 Å². The number of nitrogens with zero attached hydrogens (tertiary/aromatic N) is 1. The van der Waals surface area contributed by atoms with Crippen LogP contribution >= 0.6 is 0 Å². The van der Waals surface area contributed by atoms with Crippen LogP contribution in [0, 0.1) is 0 Å². The van der Waals surface area contributed by atoms with Gasteiger partial charge in [0, 0.05) is 37.1 Å². The Morgan fingerprint density at radius 2 is 1.96 bits per heavy atom. The van der Waals surface area contributed by atoms with Crippen molar-refractivity contribution in [1.29, 1.82) is 0 Å². The lowest BCUT2D eigenvalue weighted by molar-refractivity contribution is 0.0817. The second-order valence-corrected chi connectivity index (χ2v) is 6.66. The van der Waals surface area contributed by atoms with E-state index in [1.165, 1.54) is 0 Å². The molecule has 27 heavy (non-hydrogen) atoms. The van der Waals surface area contributed by atoms with Crippen LogP contribution in [0.25, 0.3) is 0 Å². The Bertz CT molecular complexity index is 759. The lowest BCUT2D eigenvalue weighted by Gasteiger charge is -2.26. The van der Waals surface area contributed by atoms with Gasteiger partial charge >= 0.3 is 6.03 Å². The zero-order valence-corrected chi connectivity index (χ0v) is 15.6. The lowest BCUT2D eigenvalue weighted by atomic mass is 10.1. The molecule has 1 aliphatic rings. The normalized spacial score (nSPS) is 16.3. The molecule has 6 heteroatoms. The molecule has 3 rings (SSSR count). The number of carbonyl (C=O) groups excluding carboxylic acids is 1. The number of urea groups is 1. The largest absolute Gasteiger partial charge is 0.508 e. The van der Waals surface area contributed by atoms with Crippen molar-refractivity contribution in [2.75, 3.05) is 25.6 Å². The van der Waals surface area contributed by atoms with Gasteiger partial charge in [0.2, 0.25) is 0 Å². The maximum absolute atomic E-state index is 13.0. The van der Waals surface area contributed by atoms with Crippen molar-refractivity contribution >= 4 is 11.7 Å². The van der Waals surface area contributed by atoms with E-state index in [0.717, 1.165) is 30.7 Å². The maximum Gasteiger partial charge on any atom is 0.322 e. The third-order valence-electron chi connectivity index (χ3n) is 4.65. The Labute approximate surface area is 159 Å². The fourth-order valence-corrected chi connectivity index (χ4v) is 3.22. The highest BCUT2D eigenvalue weighted by atomic mass is 16.5. The van der Waals surface area contributed by atoms with Crippen molar-refractivity contribution in [2.45, 2.75) is 32.1 Å². The minimum atomic E-state index is -0.225. The summed E-state index contributed by atoms with van der Waals surface area (Å²) in [5.41, 5.74) is 2.34. The van der Waals surface area contributed by atoms with E-state index < -0.39 is 0 Å². The van der Waals surface area contributed by atoms with Crippen molar-refractivity contribution in [2.24, 2.45) is 0 Å². The molecule has 144 valence electrons. The Kier molecular flexibility index (Phi) is 6.68. The van der Waals surface area contributed by atoms with Crippen LogP contribution in [0.5, 0.6) is 5.75 Å². The second kappa shape index (κ2) is 9.39. The minimum absolute atomic E-state index is 0.0239. The van der Waals surface area contributed by atoms with Gasteiger partial charge in [0.15, 0.2) is 0 Å². The molecule has 0 radical (unpaired) electrons. The average Bonchev–Trinajstić information content (AvgIpc) is 3.18. The third-order valence-corrected chi connectivity index (χ3v) is 4.65. The molecule has 1 fully saturated rings. The van der Waals surface area contributed by atoms with Crippen LogP contribution in [-0.4, -0.2) is 42.4 Å². The summed E-state index contributed by atoms with van der Waals surface area (Å²) in [4.78, 5) is 14.7. The number of aromatic hydroxyl groups is 1. The first-order valence-corrected chi connectivity index (χ1v) is 9.18. The highest BCUT2D eigenvalue weighted by Gasteiger charge is 2.24.